The van der Waals surface area contributed by atoms with E-state index in [-0.39, 0.29) is 113 Å². The Labute approximate surface area is 533 Å². The molecule has 9 aromatic carbocycles. The quantitative estimate of drug-likeness (QED) is 0.149. The topological polar surface area (TPSA) is 59.4 Å². The van der Waals surface area contributed by atoms with E-state index < -0.39 is 122 Å². The van der Waals surface area contributed by atoms with Crippen LogP contribution in [0.3, 0.4) is 0 Å². The first-order chi connectivity index (χ1) is 45.3. The Morgan fingerprint density at radius 2 is 0.480 bits per heavy atom. The maximum Gasteiger partial charge on any atom is 0.416 e. The maximum atomic E-state index is 14.4. The minimum Gasteiger partial charge on any atom is -0.308 e. The smallest absolute Gasteiger partial charge is 0.308 e. The molecule has 29 heteroatoms. The zero-order valence-electron chi connectivity index (χ0n) is 48.9. The highest BCUT2D eigenvalue weighted by Crippen LogP contribution is 2.49. The minimum atomic E-state index is -5.38. The van der Waals surface area contributed by atoms with Gasteiger partial charge in [0, 0.05) is 38.5 Å². The summed E-state index contributed by atoms with van der Waals surface area (Å²) in [4.78, 5) is 9.15. The largest absolute Gasteiger partial charge is 0.416 e. The van der Waals surface area contributed by atoms with Crippen molar-refractivity contribution in [1.82, 2.24) is 19.1 Å². The highest BCUT2D eigenvalue weighted by atomic mass is 19.4. The number of nitriles is 1. The average Bonchev–Trinajstić information content (AvgIpc) is 1.53. The second-order valence-corrected chi connectivity index (χ2v) is 22.8. The van der Waals surface area contributed by atoms with Crippen molar-refractivity contribution in [1.29, 1.82) is 5.26 Å². The predicted molar refractivity (Wildman–Crippen MR) is 312 cm³/mol. The first kappa shape index (κ1) is 67.5. The number of alkyl halides is 24. The fraction of sp³-hybridized carbons (Fsp3) is 0.145. The molecule has 12 rings (SSSR count). The van der Waals surface area contributed by atoms with Gasteiger partial charge >= 0.3 is 49.4 Å². The molecule has 0 spiro atoms. The van der Waals surface area contributed by atoms with E-state index in [1.807, 2.05) is 0 Å². The van der Waals surface area contributed by atoms with Crippen LogP contribution in [-0.2, 0) is 49.4 Å². The summed E-state index contributed by atoms with van der Waals surface area (Å²) < 4.78 is 348. The number of rotatable bonds is 7. The fourth-order valence-electron chi connectivity index (χ4n) is 11.8. The van der Waals surface area contributed by atoms with E-state index in [1.54, 1.807) is 13.8 Å². The van der Waals surface area contributed by atoms with Crippen LogP contribution in [0.1, 0.15) is 61.5 Å². The van der Waals surface area contributed by atoms with E-state index in [2.05, 4.69) is 16.0 Å². The summed E-state index contributed by atoms with van der Waals surface area (Å²) in [7, 11) is 0. The lowest BCUT2D eigenvalue weighted by Gasteiger charge is -2.19. The standard InChI is InChI=1S/C69H33F24N5/c1-31-11-32(2)96-61(95-31)41-24-59(97-55-7-3-33(37-12-42(62(70,71)72)26-43(13-37)63(73,74)75)20-50(55)51-21-34(4-8-56(51)97)38-14-44(64(76,77)78)27-45(15-38)65(79,80)81)54(30-94)60(25-41)98-57-9-5-35(39-16-46(66(82,83)84)28-47(17-39)67(85,86)87)22-52(57)53-23-36(6-10-58(53)98)40-18-48(68(88,89)90)29-49(19-40)69(91,92)93/h3-29H,1-2H3. The third-order valence-corrected chi connectivity index (χ3v) is 16.1. The van der Waals surface area contributed by atoms with Gasteiger partial charge in [0.1, 0.15) is 11.6 Å². The van der Waals surface area contributed by atoms with Crippen molar-refractivity contribution < 1.29 is 105 Å². The van der Waals surface area contributed by atoms with Crippen molar-refractivity contribution in [2.75, 3.05) is 0 Å². The van der Waals surface area contributed by atoms with E-state index in [9.17, 15) is 111 Å². The maximum absolute atomic E-state index is 14.4. The number of aromatic nitrogens is 4. The summed E-state index contributed by atoms with van der Waals surface area (Å²) in [5.41, 5.74) is -19.3. The molecule has 0 unspecified atom stereocenters. The molecule has 98 heavy (non-hydrogen) atoms. The van der Waals surface area contributed by atoms with Gasteiger partial charge in [-0.05, 0) is 198 Å². The molecule has 3 aromatic heterocycles. The Bertz CT molecular complexity index is 4600. The molecule has 0 radical (unpaired) electrons. The van der Waals surface area contributed by atoms with Crippen LogP contribution < -0.4 is 0 Å². The second kappa shape index (κ2) is 22.8. The van der Waals surface area contributed by atoms with Gasteiger partial charge in [-0.3, -0.25) is 0 Å². The summed E-state index contributed by atoms with van der Waals surface area (Å²) in [6.45, 7) is 3.09. The van der Waals surface area contributed by atoms with Gasteiger partial charge in [0.05, 0.1) is 77.9 Å². The van der Waals surface area contributed by atoms with Crippen LogP contribution >= 0.6 is 0 Å². The highest BCUT2D eigenvalue weighted by Gasteiger charge is 2.42. The summed E-state index contributed by atoms with van der Waals surface area (Å²) in [6.07, 6.45) is -43.0. The Balaban J connectivity index is 1.21. The lowest BCUT2D eigenvalue weighted by atomic mass is 9.96. The van der Waals surface area contributed by atoms with Gasteiger partial charge in [0.2, 0.25) is 0 Å². The van der Waals surface area contributed by atoms with Crippen LogP contribution in [0.25, 0.3) is 111 Å². The van der Waals surface area contributed by atoms with E-state index in [4.69, 9.17) is 0 Å². The van der Waals surface area contributed by atoms with E-state index in [0.29, 0.717) is 59.9 Å². The van der Waals surface area contributed by atoms with E-state index in [0.717, 1.165) is 72.8 Å². The number of hydrogen-bond donors (Lipinski definition) is 0. The molecule has 0 aliphatic carbocycles. The lowest BCUT2D eigenvalue weighted by Crippen LogP contribution is -2.11. The molecule has 0 aliphatic rings. The molecule has 0 N–H and O–H groups in total. The van der Waals surface area contributed by atoms with Gasteiger partial charge in [-0.1, -0.05) is 24.3 Å². The monoisotopic (exact) mass is 1390 g/mol. The number of halogens is 24. The van der Waals surface area contributed by atoms with Gasteiger partial charge in [-0.2, -0.15) is 111 Å². The molecule has 5 nitrogen and oxygen atoms in total. The van der Waals surface area contributed by atoms with Crippen LogP contribution in [0.5, 0.6) is 0 Å². The minimum absolute atomic E-state index is 0.0353. The second-order valence-electron chi connectivity index (χ2n) is 22.8. The van der Waals surface area contributed by atoms with Gasteiger partial charge in [0.15, 0.2) is 5.82 Å². The number of fused-ring (bicyclic) bond motifs is 6. The van der Waals surface area contributed by atoms with Crippen LogP contribution in [0, 0.1) is 25.2 Å². The van der Waals surface area contributed by atoms with Crippen LogP contribution in [0.15, 0.2) is 164 Å². The Morgan fingerprint density at radius 1 is 0.265 bits per heavy atom. The molecule has 0 saturated heterocycles. The summed E-state index contributed by atoms with van der Waals surface area (Å²) >= 11 is 0. The number of aryl methyl sites for hydroxylation is 2. The normalized spacial score (nSPS) is 13.2. The molecule has 0 aliphatic heterocycles. The van der Waals surface area contributed by atoms with Crippen molar-refractivity contribution >= 4 is 43.6 Å². The molecule has 0 fully saturated rings. The Hall–Kier alpha value is -10.5. The zero-order chi connectivity index (χ0) is 71.3. The van der Waals surface area contributed by atoms with Crippen molar-refractivity contribution in [2.45, 2.75) is 63.3 Å². The number of benzene rings is 9. The van der Waals surface area contributed by atoms with Crippen LogP contribution in [-0.4, -0.2) is 19.1 Å². The SMILES string of the molecule is Cc1cc(C)nc(-c2cc(-n3c4ccc(-c5cc(C(F)(F)F)cc(C(F)(F)F)c5)cc4c4cc(-c5cc(C(F)(F)F)cc(C(F)(F)F)c5)ccc43)c(C#N)c(-n3c4ccc(-c5cc(C(F)(F)F)cc(C(F)(F)F)c5)cc4c4cc(-c5cc(C(F)(F)F)cc(C(F)(F)F)c5)ccc43)c2)n1. The first-order valence-corrected chi connectivity index (χ1v) is 28.1. The van der Waals surface area contributed by atoms with Crippen LogP contribution in [0.4, 0.5) is 105 Å². The van der Waals surface area contributed by atoms with E-state index in [1.165, 1.54) is 27.3 Å². The fourth-order valence-corrected chi connectivity index (χ4v) is 11.8. The molecule has 0 amide bonds. The predicted octanol–water partition coefficient (Wildman–Crippen LogP) is 23.6. The van der Waals surface area contributed by atoms with Crippen molar-refractivity contribution in [2.24, 2.45) is 0 Å². The Kier molecular flexibility index (Phi) is 15.7. The molecule has 502 valence electrons. The zero-order valence-corrected chi connectivity index (χ0v) is 48.9. The number of hydrogen-bond acceptors (Lipinski definition) is 3. The first-order valence-electron chi connectivity index (χ1n) is 28.1. The average molecular weight is 1390 g/mol. The molecule has 0 saturated carbocycles. The molecular formula is C69H33F24N5. The summed E-state index contributed by atoms with van der Waals surface area (Å²) in [5.74, 6) is -0.129. The van der Waals surface area contributed by atoms with Crippen LogP contribution in [0.2, 0.25) is 0 Å². The summed E-state index contributed by atoms with van der Waals surface area (Å²) in [6, 6.07) is 21.8. The van der Waals surface area contributed by atoms with Crippen molar-refractivity contribution in [3.05, 3.63) is 225 Å². The van der Waals surface area contributed by atoms with Gasteiger partial charge in [-0.15, -0.1) is 0 Å². The summed E-state index contributed by atoms with van der Waals surface area (Å²) in [5, 5.41) is 11.0. The molecule has 0 atom stereocenters. The molecule has 0 bridgehead atoms. The van der Waals surface area contributed by atoms with Gasteiger partial charge in [0.25, 0.3) is 0 Å². The van der Waals surface area contributed by atoms with Gasteiger partial charge in [-0.25, -0.2) is 9.97 Å². The van der Waals surface area contributed by atoms with E-state index >= 15 is 0 Å². The third-order valence-electron chi connectivity index (χ3n) is 16.1. The molecule has 3 heterocycles. The highest BCUT2D eigenvalue weighted by molar-refractivity contribution is 6.14. The van der Waals surface area contributed by atoms with Gasteiger partial charge < -0.3 is 9.13 Å². The number of nitrogens with zero attached hydrogens (tertiary/aromatic N) is 5. The third kappa shape index (κ3) is 12.7. The molecule has 12 aromatic rings. The van der Waals surface area contributed by atoms with Crippen molar-refractivity contribution in [3.63, 3.8) is 0 Å². The Morgan fingerprint density at radius 3 is 0.673 bits per heavy atom. The molecular weight excluding hydrogens is 1350 g/mol. The van der Waals surface area contributed by atoms with Crippen molar-refractivity contribution in [3.8, 4) is 73.3 Å². The lowest BCUT2D eigenvalue weighted by molar-refractivity contribution is -0.144.